The van der Waals surface area contributed by atoms with Crippen LogP contribution in [0.1, 0.15) is 6.92 Å². The molecule has 0 amide bonds. The first-order chi connectivity index (χ1) is 11.3. The summed E-state index contributed by atoms with van der Waals surface area (Å²) in [5, 5.41) is 0.389. The molecule has 0 saturated carbocycles. The van der Waals surface area contributed by atoms with Crippen LogP contribution in [-0.4, -0.2) is 28.5 Å². The lowest BCUT2D eigenvalue weighted by molar-refractivity contribution is 0.322. The highest BCUT2D eigenvalue weighted by atomic mass is 32.2. The summed E-state index contributed by atoms with van der Waals surface area (Å²) in [5.74, 6) is 3.61. The quantitative estimate of drug-likeness (QED) is 0.730. The van der Waals surface area contributed by atoms with E-state index in [1.807, 2.05) is 66.4 Å². The third-order valence-electron chi connectivity index (χ3n) is 3.15. The van der Waals surface area contributed by atoms with Gasteiger partial charge in [0.1, 0.15) is 28.2 Å². The van der Waals surface area contributed by atoms with E-state index in [9.17, 15) is 0 Å². The van der Waals surface area contributed by atoms with Gasteiger partial charge in [0.05, 0.1) is 6.54 Å². The molecule has 5 heteroatoms. The van der Waals surface area contributed by atoms with E-state index in [1.165, 1.54) is 4.38 Å². The van der Waals surface area contributed by atoms with Crippen LogP contribution in [0, 0.1) is 0 Å². The minimum atomic E-state index is 0.389. The molecule has 0 spiro atoms. The number of nitrogens with zero attached hydrogens (tertiary/aromatic N) is 1. The van der Waals surface area contributed by atoms with Crippen LogP contribution in [0.5, 0.6) is 17.2 Å². The number of hydrogen-bond donors (Lipinski definition) is 0. The van der Waals surface area contributed by atoms with Crippen molar-refractivity contribution in [3.05, 3.63) is 54.6 Å². The summed E-state index contributed by atoms with van der Waals surface area (Å²) >= 11 is 3.63. The zero-order chi connectivity index (χ0) is 15.9. The summed E-state index contributed by atoms with van der Waals surface area (Å²) in [6, 6.07) is 17.5. The summed E-state index contributed by atoms with van der Waals surface area (Å²) in [6.45, 7) is 3.78. The van der Waals surface area contributed by atoms with Crippen LogP contribution in [0.2, 0.25) is 0 Å². The second kappa shape index (κ2) is 8.31. The van der Waals surface area contributed by atoms with Gasteiger partial charge in [-0.15, -0.1) is 0 Å². The molecule has 0 bridgehead atoms. The third kappa shape index (κ3) is 5.22. The monoisotopic (exact) mass is 345 g/mol. The zero-order valence-corrected chi connectivity index (χ0v) is 14.6. The van der Waals surface area contributed by atoms with Crippen molar-refractivity contribution in [3.63, 3.8) is 0 Å². The van der Waals surface area contributed by atoms with E-state index in [4.69, 9.17) is 9.47 Å². The van der Waals surface area contributed by atoms with Crippen molar-refractivity contribution in [2.75, 3.05) is 18.9 Å². The second-order valence-corrected chi connectivity index (χ2v) is 7.89. The first kappa shape index (κ1) is 16.3. The fraction of sp³-hybridized carbons (Fsp3) is 0.278. The standard InChI is InChI=1S/C18H19NO2S2/c1-14(23-18-19-11-12-22-18)13-20-15-7-9-17(10-8-15)21-16-5-3-2-4-6-16/h2-10,14H,11-13H2,1H3. The van der Waals surface area contributed by atoms with E-state index in [0.29, 0.717) is 11.9 Å². The molecule has 2 aromatic carbocycles. The Morgan fingerprint density at radius 3 is 2.43 bits per heavy atom. The lowest BCUT2D eigenvalue weighted by Gasteiger charge is -2.13. The minimum Gasteiger partial charge on any atom is -0.492 e. The molecule has 3 rings (SSSR count). The first-order valence-electron chi connectivity index (χ1n) is 7.59. The SMILES string of the molecule is CC(COc1ccc(Oc2ccccc2)cc1)SC1=NCCS1. The van der Waals surface area contributed by atoms with Crippen LogP contribution in [0.3, 0.4) is 0 Å². The summed E-state index contributed by atoms with van der Waals surface area (Å²) in [4.78, 5) is 4.45. The Kier molecular flexibility index (Phi) is 5.88. The van der Waals surface area contributed by atoms with E-state index < -0.39 is 0 Å². The number of para-hydroxylation sites is 1. The fourth-order valence-corrected chi connectivity index (χ4v) is 4.24. The maximum absolute atomic E-state index is 5.84. The molecular weight excluding hydrogens is 326 g/mol. The highest BCUT2D eigenvalue weighted by Gasteiger charge is 2.13. The summed E-state index contributed by atoms with van der Waals surface area (Å²) in [5.41, 5.74) is 0. The molecule has 0 N–H and O–H groups in total. The maximum Gasteiger partial charge on any atom is 0.127 e. The lowest BCUT2D eigenvalue weighted by Crippen LogP contribution is -2.11. The topological polar surface area (TPSA) is 30.8 Å². The highest BCUT2D eigenvalue weighted by Crippen LogP contribution is 2.27. The Morgan fingerprint density at radius 1 is 1.04 bits per heavy atom. The van der Waals surface area contributed by atoms with Gasteiger partial charge in [0.15, 0.2) is 0 Å². The first-order valence-corrected chi connectivity index (χ1v) is 9.46. The van der Waals surface area contributed by atoms with Gasteiger partial charge < -0.3 is 9.47 Å². The van der Waals surface area contributed by atoms with Gasteiger partial charge in [-0.1, -0.05) is 41.7 Å². The van der Waals surface area contributed by atoms with Crippen LogP contribution < -0.4 is 9.47 Å². The molecule has 0 aliphatic carbocycles. The molecule has 23 heavy (non-hydrogen) atoms. The molecule has 0 saturated heterocycles. The van der Waals surface area contributed by atoms with E-state index in [0.717, 1.165) is 29.5 Å². The Balaban J connectivity index is 1.47. The van der Waals surface area contributed by atoms with Gasteiger partial charge >= 0.3 is 0 Å². The highest BCUT2D eigenvalue weighted by molar-refractivity contribution is 8.39. The molecule has 1 aliphatic heterocycles. The van der Waals surface area contributed by atoms with Gasteiger partial charge in [0.2, 0.25) is 0 Å². The molecule has 3 nitrogen and oxygen atoms in total. The number of aliphatic imine (C=N–C) groups is 1. The smallest absolute Gasteiger partial charge is 0.127 e. The van der Waals surface area contributed by atoms with Gasteiger partial charge in [0.25, 0.3) is 0 Å². The van der Waals surface area contributed by atoms with Gasteiger partial charge in [-0.2, -0.15) is 0 Å². The van der Waals surface area contributed by atoms with Crippen molar-refractivity contribution in [1.29, 1.82) is 0 Å². The molecule has 0 aromatic heterocycles. The Morgan fingerprint density at radius 2 is 1.74 bits per heavy atom. The van der Waals surface area contributed by atoms with Gasteiger partial charge in [0, 0.05) is 11.0 Å². The van der Waals surface area contributed by atoms with E-state index in [1.54, 1.807) is 11.8 Å². The maximum atomic E-state index is 5.84. The molecule has 1 unspecified atom stereocenters. The Hall–Kier alpha value is -1.59. The zero-order valence-electron chi connectivity index (χ0n) is 13.0. The van der Waals surface area contributed by atoms with Crippen molar-refractivity contribution in [3.8, 4) is 17.2 Å². The molecular formula is C18H19NO2S2. The van der Waals surface area contributed by atoms with Gasteiger partial charge in [-0.3, -0.25) is 4.99 Å². The molecule has 1 aliphatic rings. The largest absolute Gasteiger partial charge is 0.492 e. The van der Waals surface area contributed by atoms with Crippen LogP contribution in [-0.2, 0) is 0 Å². The van der Waals surface area contributed by atoms with Crippen molar-refractivity contribution in [1.82, 2.24) is 0 Å². The van der Waals surface area contributed by atoms with Crippen molar-refractivity contribution in [2.45, 2.75) is 12.2 Å². The predicted molar refractivity (Wildman–Crippen MR) is 100 cm³/mol. The average molecular weight is 345 g/mol. The number of rotatable bonds is 6. The number of benzene rings is 2. The van der Waals surface area contributed by atoms with Gasteiger partial charge in [-0.25, -0.2) is 0 Å². The van der Waals surface area contributed by atoms with Crippen LogP contribution in [0.4, 0.5) is 0 Å². The number of ether oxygens (including phenoxy) is 2. The lowest BCUT2D eigenvalue weighted by atomic mass is 10.3. The van der Waals surface area contributed by atoms with Crippen molar-refractivity contribution >= 4 is 27.9 Å². The van der Waals surface area contributed by atoms with E-state index >= 15 is 0 Å². The van der Waals surface area contributed by atoms with Crippen molar-refractivity contribution < 1.29 is 9.47 Å². The van der Waals surface area contributed by atoms with E-state index in [2.05, 4.69) is 11.9 Å². The number of thioether (sulfide) groups is 2. The summed E-state index contributed by atoms with van der Waals surface area (Å²) < 4.78 is 12.8. The van der Waals surface area contributed by atoms with Crippen molar-refractivity contribution in [2.24, 2.45) is 4.99 Å². The molecule has 120 valence electrons. The minimum absolute atomic E-state index is 0.389. The Bertz CT molecular complexity index is 644. The van der Waals surface area contributed by atoms with Crippen LogP contribution >= 0.6 is 23.5 Å². The van der Waals surface area contributed by atoms with Crippen LogP contribution in [0.25, 0.3) is 0 Å². The normalized spacial score (nSPS) is 15.1. The van der Waals surface area contributed by atoms with Crippen LogP contribution in [0.15, 0.2) is 59.6 Å². The Labute approximate surface area is 145 Å². The summed E-state index contributed by atoms with van der Waals surface area (Å²) in [6.07, 6.45) is 0. The fourth-order valence-electron chi connectivity index (χ4n) is 2.04. The van der Waals surface area contributed by atoms with E-state index in [-0.39, 0.29) is 0 Å². The molecule has 0 radical (unpaired) electrons. The molecule has 2 aromatic rings. The third-order valence-corrected chi connectivity index (χ3v) is 5.42. The average Bonchev–Trinajstić information content (AvgIpc) is 3.08. The molecule has 1 atom stereocenters. The number of hydrogen-bond acceptors (Lipinski definition) is 5. The molecule has 0 fully saturated rings. The molecule has 1 heterocycles. The summed E-state index contributed by atoms with van der Waals surface area (Å²) in [7, 11) is 0. The predicted octanol–water partition coefficient (Wildman–Crippen LogP) is 5.08. The van der Waals surface area contributed by atoms with Gasteiger partial charge in [-0.05, 0) is 43.3 Å². The second-order valence-electron chi connectivity index (χ2n) is 5.12.